The maximum atomic E-state index is 8.99. The van der Waals surface area contributed by atoms with Crippen LogP contribution in [0.2, 0.25) is 0 Å². The molecule has 0 aromatic carbocycles. The molecule has 0 aliphatic carbocycles. The van der Waals surface area contributed by atoms with E-state index in [9.17, 15) is 0 Å². The summed E-state index contributed by atoms with van der Waals surface area (Å²) in [5.74, 6) is 0. The molecule has 0 aliphatic heterocycles. The Balaban J connectivity index is 2.47. The molecule has 4 nitrogen and oxygen atoms in total. The maximum absolute atomic E-state index is 8.99. The number of aliphatic hydroxyl groups is 1. The second-order valence-electron chi connectivity index (χ2n) is 1.53. The first kappa shape index (κ1) is 7.30. The number of aliphatic hydroxyl groups excluding tert-OH is 1. The fourth-order valence-corrected chi connectivity index (χ4v) is 0.918. The van der Waals surface area contributed by atoms with Gasteiger partial charge in [0.2, 0.25) is 0 Å². The molecule has 1 N–H and O–H groups in total. The van der Waals surface area contributed by atoms with E-state index in [2.05, 4.69) is 16.7 Å². The van der Waals surface area contributed by atoms with Crippen molar-refractivity contribution in [3.8, 4) is 0 Å². The monoisotopic (exact) mass is 157 g/mol. The summed E-state index contributed by atoms with van der Waals surface area (Å²) in [6, 6.07) is 0. The lowest BCUT2D eigenvalue weighted by molar-refractivity contribution is 0.309. The van der Waals surface area contributed by atoms with Gasteiger partial charge in [-0.3, -0.25) is 0 Å². The topological polar surface area (TPSA) is 50.9 Å². The number of nitrogens with zero attached hydrogens (tertiary/aromatic N) is 3. The summed E-state index contributed by atoms with van der Waals surface area (Å²) < 4.78 is 1.46. The average molecular weight is 157 g/mol. The van der Waals surface area contributed by atoms with Gasteiger partial charge in [-0.1, -0.05) is 12.7 Å². The number of rotatable bonds is 3. The van der Waals surface area contributed by atoms with Gasteiger partial charge in [0.05, 0.1) is 0 Å². The molecule has 1 aromatic heterocycles. The molecular weight excluding hydrogens is 150 g/mol. The molecule has 0 spiro atoms. The van der Waals surface area contributed by atoms with Gasteiger partial charge in [-0.05, 0) is 0 Å². The third kappa shape index (κ3) is 1.85. The molecule has 5 heteroatoms. The van der Waals surface area contributed by atoms with Gasteiger partial charge >= 0.3 is 0 Å². The number of hydrogen-bond acceptors (Lipinski definition) is 4. The average Bonchev–Trinajstić information content (AvgIpc) is 2.40. The lowest BCUT2D eigenvalue weighted by Crippen LogP contribution is -1.99. The second kappa shape index (κ2) is 3.38. The van der Waals surface area contributed by atoms with E-state index in [1.807, 2.05) is 0 Å². The van der Waals surface area contributed by atoms with Crippen molar-refractivity contribution in [2.24, 2.45) is 0 Å². The van der Waals surface area contributed by atoms with Gasteiger partial charge in [0.15, 0.2) is 0 Å². The predicted octanol–water partition coefficient (Wildman–Crippen LogP) is 0.279. The van der Waals surface area contributed by atoms with Gasteiger partial charge in [0, 0.05) is 11.9 Å². The van der Waals surface area contributed by atoms with Gasteiger partial charge in [-0.2, -0.15) is 4.09 Å². The summed E-state index contributed by atoms with van der Waals surface area (Å²) in [6.07, 6.45) is 4.34. The van der Waals surface area contributed by atoms with Crippen LogP contribution in [0.1, 0.15) is 0 Å². The molecule has 0 bridgehead atoms. The van der Waals surface area contributed by atoms with Gasteiger partial charge in [-0.25, -0.2) is 4.98 Å². The fourth-order valence-electron chi connectivity index (χ4n) is 0.405. The minimum atomic E-state index is -0.623. The highest BCUT2D eigenvalue weighted by Crippen LogP contribution is 2.08. The van der Waals surface area contributed by atoms with Crippen LogP contribution < -0.4 is 0 Å². The SMILES string of the molecule is C=CC(O)Sn1cncn1. The van der Waals surface area contributed by atoms with Crippen molar-refractivity contribution in [3.05, 3.63) is 25.3 Å². The Bertz CT molecular complexity index is 199. The summed E-state index contributed by atoms with van der Waals surface area (Å²) in [7, 11) is 0. The third-order valence-corrected chi connectivity index (χ3v) is 1.63. The van der Waals surface area contributed by atoms with Gasteiger partial charge < -0.3 is 5.11 Å². The zero-order chi connectivity index (χ0) is 7.40. The van der Waals surface area contributed by atoms with Crippen LogP contribution in [-0.2, 0) is 0 Å². The Morgan fingerprint density at radius 3 is 3.10 bits per heavy atom. The van der Waals surface area contributed by atoms with Crippen molar-refractivity contribution < 1.29 is 5.11 Å². The summed E-state index contributed by atoms with van der Waals surface area (Å²) >= 11 is 1.13. The van der Waals surface area contributed by atoms with Crippen molar-refractivity contribution in [2.45, 2.75) is 5.44 Å². The summed E-state index contributed by atoms with van der Waals surface area (Å²) in [6.45, 7) is 3.41. The van der Waals surface area contributed by atoms with E-state index in [1.165, 1.54) is 22.8 Å². The van der Waals surface area contributed by atoms with Gasteiger partial charge in [-0.15, -0.1) is 5.10 Å². The molecule has 1 aromatic rings. The Hall–Kier alpha value is -0.810. The van der Waals surface area contributed by atoms with E-state index in [4.69, 9.17) is 5.11 Å². The highest BCUT2D eigenvalue weighted by atomic mass is 32.2. The Kier molecular flexibility index (Phi) is 2.47. The zero-order valence-electron chi connectivity index (χ0n) is 5.21. The van der Waals surface area contributed by atoms with E-state index >= 15 is 0 Å². The van der Waals surface area contributed by atoms with Crippen LogP contribution in [0.4, 0.5) is 0 Å². The van der Waals surface area contributed by atoms with Crippen molar-refractivity contribution in [3.63, 3.8) is 0 Å². The highest BCUT2D eigenvalue weighted by molar-refractivity contribution is 7.98. The molecule has 1 heterocycles. The fraction of sp³-hybridized carbons (Fsp3) is 0.200. The van der Waals surface area contributed by atoms with E-state index in [0.717, 1.165) is 11.9 Å². The highest BCUT2D eigenvalue weighted by Gasteiger charge is 1.99. The first-order valence-electron chi connectivity index (χ1n) is 2.65. The minimum absolute atomic E-state index is 0.623. The number of aromatic nitrogens is 3. The molecule has 0 aliphatic rings. The van der Waals surface area contributed by atoms with Crippen LogP contribution >= 0.6 is 11.9 Å². The molecule has 0 saturated carbocycles. The molecule has 1 unspecified atom stereocenters. The quantitative estimate of drug-likeness (QED) is 0.505. The van der Waals surface area contributed by atoms with Crippen molar-refractivity contribution in [1.82, 2.24) is 14.2 Å². The van der Waals surface area contributed by atoms with Gasteiger partial charge in [0.1, 0.15) is 18.1 Å². The second-order valence-corrected chi connectivity index (χ2v) is 2.60. The Morgan fingerprint density at radius 2 is 2.60 bits per heavy atom. The third-order valence-electron chi connectivity index (χ3n) is 0.815. The number of hydrogen-bond donors (Lipinski definition) is 1. The van der Waals surface area contributed by atoms with Crippen LogP contribution in [0.5, 0.6) is 0 Å². The molecule has 1 atom stereocenters. The first-order valence-corrected chi connectivity index (χ1v) is 3.49. The summed E-state index contributed by atoms with van der Waals surface area (Å²) in [4.78, 5) is 3.70. The molecule has 10 heavy (non-hydrogen) atoms. The molecule has 0 fully saturated rings. The van der Waals surface area contributed by atoms with Crippen LogP contribution in [0.25, 0.3) is 0 Å². The van der Waals surface area contributed by atoms with E-state index in [-0.39, 0.29) is 0 Å². The van der Waals surface area contributed by atoms with E-state index in [0.29, 0.717) is 0 Å². The molecule has 0 amide bonds. The van der Waals surface area contributed by atoms with E-state index < -0.39 is 5.44 Å². The predicted molar refractivity (Wildman–Crippen MR) is 39.2 cm³/mol. The normalized spacial score (nSPS) is 12.9. The Morgan fingerprint density at radius 1 is 1.80 bits per heavy atom. The van der Waals surface area contributed by atoms with E-state index in [1.54, 1.807) is 0 Å². The van der Waals surface area contributed by atoms with Gasteiger partial charge in [0.25, 0.3) is 0 Å². The molecule has 54 valence electrons. The lowest BCUT2D eigenvalue weighted by atomic mass is 10.7. The maximum Gasteiger partial charge on any atom is 0.139 e. The molecule has 0 radical (unpaired) electrons. The van der Waals surface area contributed by atoms with Crippen LogP contribution in [-0.4, -0.2) is 24.7 Å². The van der Waals surface area contributed by atoms with Crippen molar-refractivity contribution in [2.75, 3.05) is 0 Å². The molecule has 0 saturated heterocycles. The standard InChI is InChI=1S/C5H7N3OS/c1-2-5(9)10-8-4-6-3-7-8/h2-5,9H,1H2. The molecule has 1 rings (SSSR count). The van der Waals surface area contributed by atoms with Crippen molar-refractivity contribution >= 4 is 11.9 Å². The van der Waals surface area contributed by atoms with Crippen LogP contribution in [0, 0.1) is 0 Å². The molecular formula is C5H7N3OS. The van der Waals surface area contributed by atoms with Crippen molar-refractivity contribution in [1.29, 1.82) is 0 Å². The first-order chi connectivity index (χ1) is 4.83. The zero-order valence-corrected chi connectivity index (χ0v) is 6.03. The lowest BCUT2D eigenvalue weighted by Gasteiger charge is -2.00. The smallest absolute Gasteiger partial charge is 0.139 e. The van der Waals surface area contributed by atoms with Crippen LogP contribution in [0.15, 0.2) is 25.3 Å². The van der Waals surface area contributed by atoms with Crippen LogP contribution in [0.3, 0.4) is 0 Å². The summed E-state index contributed by atoms with van der Waals surface area (Å²) in [5, 5.41) is 12.8. The largest absolute Gasteiger partial charge is 0.377 e. The summed E-state index contributed by atoms with van der Waals surface area (Å²) in [5.41, 5.74) is -0.623. The minimum Gasteiger partial charge on any atom is -0.377 e. The Labute approximate surface area is 62.7 Å².